The highest BCUT2D eigenvalue weighted by molar-refractivity contribution is 5.54. The number of hydrogen-bond donors (Lipinski definition) is 1. The van der Waals surface area contributed by atoms with Gasteiger partial charge in [0.05, 0.1) is 0 Å². The summed E-state index contributed by atoms with van der Waals surface area (Å²) in [5.41, 5.74) is 4.80. The van der Waals surface area contributed by atoms with Crippen LogP contribution in [0.5, 0.6) is 0 Å². The van der Waals surface area contributed by atoms with E-state index in [9.17, 15) is 13.2 Å². The van der Waals surface area contributed by atoms with Gasteiger partial charge in [0.2, 0.25) is 0 Å². The Hall–Kier alpha value is -1.29. The summed E-state index contributed by atoms with van der Waals surface area (Å²) in [6.45, 7) is -0.502. The molecule has 0 atom stereocenters. The average molecular weight is 201 g/mol. The largest absolute Gasteiger partial charge is 0.413 e. The van der Waals surface area contributed by atoms with Gasteiger partial charge in [0.15, 0.2) is 0 Å². The molecule has 0 heterocycles. The minimum Gasteiger partial charge on any atom is -0.326 e. The summed E-state index contributed by atoms with van der Waals surface area (Å²) >= 11 is 0. The molecule has 4 heteroatoms. The highest BCUT2D eigenvalue weighted by Gasteiger charge is 2.32. The molecule has 0 aromatic heterocycles. The Balaban J connectivity index is 2.96. The van der Waals surface area contributed by atoms with E-state index in [2.05, 4.69) is 0 Å². The SMILES string of the molecule is NC/C(=C\c1ccccc1)C(F)(F)F. The molecule has 0 radical (unpaired) electrons. The number of hydrogen-bond acceptors (Lipinski definition) is 1. The molecule has 0 amide bonds. The Morgan fingerprint density at radius 2 is 1.79 bits per heavy atom. The van der Waals surface area contributed by atoms with Gasteiger partial charge >= 0.3 is 6.18 Å². The van der Waals surface area contributed by atoms with E-state index in [1.54, 1.807) is 30.3 Å². The van der Waals surface area contributed by atoms with Crippen LogP contribution in [0.1, 0.15) is 5.56 Å². The first-order valence-corrected chi connectivity index (χ1v) is 4.07. The van der Waals surface area contributed by atoms with Crippen LogP contribution in [0.4, 0.5) is 13.2 Å². The third kappa shape index (κ3) is 2.88. The van der Waals surface area contributed by atoms with Crippen molar-refractivity contribution in [3.63, 3.8) is 0 Å². The monoisotopic (exact) mass is 201 g/mol. The lowest BCUT2D eigenvalue weighted by molar-refractivity contribution is -0.0912. The summed E-state index contributed by atoms with van der Waals surface area (Å²) < 4.78 is 36.8. The zero-order valence-electron chi connectivity index (χ0n) is 7.38. The maximum Gasteiger partial charge on any atom is 0.413 e. The van der Waals surface area contributed by atoms with Crippen molar-refractivity contribution in [2.75, 3.05) is 6.54 Å². The average Bonchev–Trinajstić information content (AvgIpc) is 2.14. The summed E-state index contributed by atoms with van der Waals surface area (Å²) in [6, 6.07) is 8.29. The molecule has 1 nitrogen and oxygen atoms in total. The summed E-state index contributed by atoms with van der Waals surface area (Å²) in [7, 11) is 0. The lowest BCUT2D eigenvalue weighted by Gasteiger charge is -2.08. The van der Waals surface area contributed by atoms with Gasteiger partial charge in [0, 0.05) is 12.1 Å². The number of nitrogens with two attached hydrogens (primary N) is 1. The fourth-order valence-electron chi connectivity index (χ4n) is 1.01. The number of alkyl halides is 3. The maximum absolute atomic E-state index is 12.3. The smallest absolute Gasteiger partial charge is 0.326 e. The van der Waals surface area contributed by atoms with Crippen LogP contribution in [-0.4, -0.2) is 12.7 Å². The fourth-order valence-corrected chi connectivity index (χ4v) is 1.01. The van der Waals surface area contributed by atoms with Gasteiger partial charge in [0.25, 0.3) is 0 Å². The minimum absolute atomic E-state index is 0.502. The molecule has 0 saturated heterocycles. The zero-order valence-corrected chi connectivity index (χ0v) is 7.38. The summed E-state index contributed by atoms with van der Waals surface area (Å²) in [5, 5.41) is 0. The summed E-state index contributed by atoms with van der Waals surface area (Å²) in [4.78, 5) is 0. The van der Waals surface area contributed by atoms with Crippen LogP contribution in [0.3, 0.4) is 0 Å². The fraction of sp³-hybridized carbons (Fsp3) is 0.200. The Kier molecular flexibility index (Phi) is 3.30. The van der Waals surface area contributed by atoms with Crippen molar-refractivity contribution in [1.29, 1.82) is 0 Å². The molecule has 0 aliphatic heterocycles. The van der Waals surface area contributed by atoms with Crippen LogP contribution in [0.15, 0.2) is 35.9 Å². The predicted molar refractivity (Wildman–Crippen MR) is 49.5 cm³/mol. The van der Waals surface area contributed by atoms with Crippen molar-refractivity contribution >= 4 is 6.08 Å². The van der Waals surface area contributed by atoms with Gasteiger partial charge in [-0.25, -0.2) is 0 Å². The molecule has 1 aromatic carbocycles. The molecule has 2 N–H and O–H groups in total. The van der Waals surface area contributed by atoms with E-state index in [-0.39, 0.29) is 0 Å². The van der Waals surface area contributed by atoms with Crippen LogP contribution >= 0.6 is 0 Å². The van der Waals surface area contributed by atoms with Gasteiger partial charge in [-0.2, -0.15) is 13.2 Å². The van der Waals surface area contributed by atoms with E-state index >= 15 is 0 Å². The van der Waals surface area contributed by atoms with Crippen molar-refractivity contribution in [2.24, 2.45) is 5.73 Å². The Bertz CT molecular complexity index is 314. The molecule has 0 aliphatic carbocycles. The van der Waals surface area contributed by atoms with E-state index in [4.69, 9.17) is 5.73 Å². The maximum atomic E-state index is 12.3. The third-order valence-electron chi connectivity index (χ3n) is 1.72. The standard InChI is InChI=1S/C10H10F3N/c11-10(12,13)9(7-14)6-8-4-2-1-3-5-8/h1-6H,7,14H2/b9-6+. The Labute approximate surface area is 80.0 Å². The molecule has 76 valence electrons. The minimum atomic E-state index is -4.34. The number of benzene rings is 1. The molecular weight excluding hydrogens is 191 g/mol. The molecule has 0 saturated carbocycles. The lowest BCUT2D eigenvalue weighted by atomic mass is 10.1. The van der Waals surface area contributed by atoms with E-state index in [1.807, 2.05) is 0 Å². The van der Waals surface area contributed by atoms with Gasteiger partial charge in [0.1, 0.15) is 0 Å². The van der Waals surface area contributed by atoms with Gasteiger partial charge < -0.3 is 5.73 Å². The van der Waals surface area contributed by atoms with Crippen LogP contribution in [-0.2, 0) is 0 Å². The first-order valence-electron chi connectivity index (χ1n) is 4.07. The second-order valence-corrected chi connectivity index (χ2v) is 2.78. The topological polar surface area (TPSA) is 26.0 Å². The summed E-state index contributed by atoms with van der Waals surface area (Å²) in [6.07, 6.45) is -3.29. The Morgan fingerprint density at radius 1 is 1.21 bits per heavy atom. The van der Waals surface area contributed by atoms with Crippen LogP contribution in [0.2, 0.25) is 0 Å². The quantitative estimate of drug-likeness (QED) is 0.781. The first kappa shape index (κ1) is 10.8. The second kappa shape index (κ2) is 4.28. The van der Waals surface area contributed by atoms with E-state index in [0.717, 1.165) is 6.08 Å². The van der Waals surface area contributed by atoms with Crippen LogP contribution in [0.25, 0.3) is 6.08 Å². The van der Waals surface area contributed by atoms with Crippen molar-refractivity contribution in [1.82, 2.24) is 0 Å². The number of halogens is 3. The number of rotatable bonds is 2. The van der Waals surface area contributed by atoms with Gasteiger partial charge in [-0.1, -0.05) is 30.3 Å². The molecule has 1 rings (SSSR count). The van der Waals surface area contributed by atoms with Crippen molar-refractivity contribution < 1.29 is 13.2 Å². The Morgan fingerprint density at radius 3 is 2.21 bits per heavy atom. The molecule has 0 bridgehead atoms. The molecule has 0 spiro atoms. The highest BCUT2D eigenvalue weighted by atomic mass is 19.4. The molecule has 0 fully saturated rings. The molecule has 0 aliphatic rings. The molecule has 14 heavy (non-hydrogen) atoms. The summed E-state index contributed by atoms with van der Waals surface area (Å²) in [5.74, 6) is 0. The van der Waals surface area contributed by atoms with Gasteiger partial charge in [-0.15, -0.1) is 0 Å². The molecular formula is C10H10F3N. The van der Waals surface area contributed by atoms with E-state index < -0.39 is 18.3 Å². The van der Waals surface area contributed by atoms with Crippen molar-refractivity contribution in [3.8, 4) is 0 Å². The lowest BCUT2D eigenvalue weighted by Crippen LogP contribution is -2.19. The normalized spacial score (nSPS) is 13.0. The van der Waals surface area contributed by atoms with Crippen molar-refractivity contribution in [2.45, 2.75) is 6.18 Å². The molecule has 0 unspecified atom stereocenters. The zero-order chi connectivity index (χ0) is 10.6. The highest BCUT2D eigenvalue weighted by Crippen LogP contribution is 2.26. The van der Waals surface area contributed by atoms with Gasteiger partial charge in [-0.05, 0) is 11.6 Å². The predicted octanol–water partition coefficient (Wildman–Crippen LogP) is 2.59. The first-order chi connectivity index (χ1) is 6.54. The third-order valence-corrected chi connectivity index (χ3v) is 1.72. The van der Waals surface area contributed by atoms with Crippen LogP contribution in [0, 0.1) is 0 Å². The van der Waals surface area contributed by atoms with E-state index in [1.165, 1.54) is 0 Å². The van der Waals surface area contributed by atoms with Crippen molar-refractivity contribution in [3.05, 3.63) is 41.5 Å². The second-order valence-electron chi connectivity index (χ2n) is 2.78. The van der Waals surface area contributed by atoms with Crippen LogP contribution < -0.4 is 5.73 Å². The van der Waals surface area contributed by atoms with Gasteiger partial charge in [-0.3, -0.25) is 0 Å². The van der Waals surface area contributed by atoms with E-state index in [0.29, 0.717) is 5.56 Å². The molecule has 1 aromatic rings.